The summed E-state index contributed by atoms with van der Waals surface area (Å²) in [5, 5.41) is 1.97. The van der Waals surface area contributed by atoms with Gasteiger partial charge in [-0.05, 0) is 25.3 Å². The van der Waals surface area contributed by atoms with Crippen molar-refractivity contribution in [1.82, 2.24) is 0 Å². The molecule has 0 saturated carbocycles. The van der Waals surface area contributed by atoms with E-state index < -0.39 is 0 Å². The lowest BCUT2D eigenvalue weighted by molar-refractivity contribution is -0.148. The summed E-state index contributed by atoms with van der Waals surface area (Å²) in [4.78, 5) is 12.5. The largest absolute Gasteiger partial charge is 0.461 e. The average molecular weight is 212 g/mol. The molecule has 1 fully saturated rings. The van der Waals surface area contributed by atoms with Crippen molar-refractivity contribution in [3.63, 3.8) is 0 Å². The molecular weight excluding hydrogens is 200 g/mol. The number of esters is 1. The molecule has 1 aromatic rings. The summed E-state index contributed by atoms with van der Waals surface area (Å²) >= 11 is 1.60. The smallest absolute Gasteiger partial charge is 0.338 e. The second kappa shape index (κ2) is 3.71. The third kappa shape index (κ3) is 1.96. The van der Waals surface area contributed by atoms with E-state index in [9.17, 15) is 4.79 Å². The molecule has 4 heteroatoms. The molecule has 0 aromatic carbocycles. The Morgan fingerprint density at radius 3 is 3.00 bits per heavy atom. The average Bonchev–Trinajstić information content (AvgIpc) is 2.73. The third-order valence-electron chi connectivity index (χ3n) is 1.90. The summed E-state index contributed by atoms with van der Waals surface area (Å²) in [6, 6.07) is 3.92. The first-order valence-corrected chi connectivity index (χ1v) is 5.46. The zero-order valence-corrected chi connectivity index (χ0v) is 8.91. The molecule has 0 bridgehead atoms. The van der Waals surface area contributed by atoms with Crippen LogP contribution >= 0.6 is 11.3 Å². The molecule has 2 unspecified atom stereocenters. The van der Waals surface area contributed by atoms with E-state index in [2.05, 4.69) is 0 Å². The van der Waals surface area contributed by atoms with Gasteiger partial charge in [-0.1, -0.05) is 6.07 Å². The number of carbonyl (C=O) groups is 1. The van der Waals surface area contributed by atoms with E-state index in [0.717, 1.165) is 4.88 Å². The van der Waals surface area contributed by atoms with Crippen LogP contribution in [0.3, 0.4) is 0 Å². The number of ether oxygens (including phenoxy) is 2. The molecule has 0 aliphatic carbocycles. The highest BCUT2D eigenvalue weighted by atomic mass is 32.1. The van der Waals surface area contributed by atoms with Gasteiger partial charge in [0.05, 0.1) is 6.10 Å². The molecule has 1 aliphatic heterocycles. The third-order valence-corrected chi connectivity index (χ3v) is 2.83. The minimum atomic E-state index is -0.379. The van der Waals surface area contributed by atoms with Crippen molar-refractivity contribution in [3.05, 3.63) is 22.4 Å². The van der Waals surface area contributed by atoms with Crippen LogP contribution in [0.5, 0.6) is 0 Å². The van der Waals surface area contributed by atoms with Crippen molar-refractivity contribution in [2.75, 3.05) is 0 Å². The molecular formula is C10H12O3S. The van der Waals surface area contributed by atoms with Crippen molar-refractivity contribution in [2.24, 2.45) is 0 Å². The highest BCUT2D eigenvalue weighted by molar-refractivity contribution is 7.10. The molecule has 2 rings (SSSR count). The fraction of sp³-hybridized carbons (Fsp3) is 0.500. The Balaban J connectivity index is 1.90. The van der Waals surface area contributed by atoms with Crippen molar-refractivity contribution < 1.29 is 14.3 Å². The first kappa shape index (κ1) is 9.68. The second-order valence-electron chi connectivity index (χ2n) is 3.48. The van der Waals surface area contributed by atoms with Gasteiger partial charge in [0.1, 0.15) is 6.10 Å². The Morgan fingerprint density at radius 2 is 2.43 bits per heavy atom. The van der Waals surface area contributed by atoms with E-state index in [0.29, 0.717) is 0 Å². The maximum atomic E-state index is 11.4. The Kier molecular flexibility index (Phi) is 2.56. The molecule has 0 amide bonds. The maximum absolute atomic E-state index is 11.4. The van der Waals surface area contributed by atoms with Crippen LogP contribution < -0.4 is 0 Å². The maximum Gasteiger partial charge on any atom is 0.338 e. The van der Waals surface area contributed by atoms with Gasteiger partial charge in [0, 0.05) is 4.88 Å². The van der Waals surface area contributed by atoms with Crippen LogP contribution in [0, 0.1) is 0 Å². The van der Waals surface area contributed by atoms with E-state index in [-0.39, 0.29) is 24.3 Å². The zero-order chi connectivity index (χ0) is 10.1. The van der Waals surface area contributed by atoms with E-state index in [1.54, 1.807) is 11.3 Å². The number of hydrogen-bond donors (Lipinski definition) is 0. The number of hydrogen-bond acceptors (Lipinski definition) is 4. The summed E-state index contributed by atoms with van der Waals surface area (Å²) < 4.78 is 10.3. The van der Waals surface area contributed by atoms with Crippen LogP contribution in [0.2, 0.25) is 0 Å². The summed E-state index contributed by atoms with van der Waals surface area (Å²) in [5.74, 6) is -0.251. The van der Waals surface area contributed by atoms with Crippen LogP contribution in [0.1, 0.15) is 24.8 Å². The first-order valence-electron chi connectivity index (χ1n) is 4.58. The summed E-state index contributed by atoms with van der Waals surface area (Å²) in [5.41, 5.74) is 0. The van der Waals surface area contributed by atoms with E-state index in [1.807, 2.05) is 31.4 Å². The lowest BCUT2D eigenvalue weighted by Gasteiger charge is -2.04. The highest BCUT2D eigenvalue weighted by Crippen LogP contribution is 2.41. The van der Waals surface area contributed by atoms with Gasteiger partial charge in [0.2, 0.25) is 0 Å². The van der Waals surface area contributed by atoms with Gasteiger partial charge in [-0.25, -0.2) is 4.79 Å². The molecule has 76 valence electrons. The molecule has 0 spiro atoms. The van der Waals surface area contributed by atoms with Crippen LogP contribution in [-0.4, -0.2) is 18.2 Å². The van der Waals surface area contributed by atoms with Crippen molar-refractivity contribution in [1.29, 1.82) is 0 Å². The predicted molar refractivity (Wildman–Crippen MR) is 53.2 cm³/mol. The highest BCUT2D eigenvalue weighted by Gasteiger charge is 2.48. The van der Waals surface area contributed by atoms with E-state index in [4.69, 9.17) is 9.47 Å². The predicted octanol–water partition coefficient (Wildman–Crippen LogP) is 2.14. The van der Waals surface area contributed by atoms with Crippen LogP contribution in [0.4, 0.5) is 0 Å². The van der Waals surface area contributed by atoms with Crippen LogP contribution in [0.25, 0.3) is 0 Å². The fourth-order valence-electron chi connectivity index (χ4n) is 1.26. The molecule has 0 radical (unpaired) electrons. The molecule has 1 saturated heterocycles. The SMILES string of the molecule is CC(C)OC(=O)C1OC1c1cccs1. The van der Waals surface area contributed by atoms with Gasteiger partial charge in [-0.15, -0.1) is 11.3 Å². The molecule has 1 aromatic heterocycles. The van der Waals surface area contributed by atoms with Crippen molar-refractivity contribution in [2.45, 2.75) is 32.2 Å². The second-order valence-corrected chi connectivity index (χ2v) is 4.46. The Hall–Kier alpha value is -0.870. The fourth-order valence-corrected chi connectivity index (χ4v) is 2.05. The number of epoxide rings is 1. The summed E-state index contributed by atoms with van der Waals surface area (Å²) in [6.45, 7) is 3.67. The zero-order valence-electron chi connectivity index (χ0n) is 8.10. The number of carbonyl (C=O) groups excluding carboxylic acids is 1. The molecule has 2 heterocycles. The first-order chi connectivity index (χ1) is 6.68. The standard InChI is InChI=1S/C10H12O3S/c1-6(2)12-10(11)9-8(13-9)7-4-3-5-14-7/h3-6,8-9H,1-2H3. The van der Waals surface area contributed by atoms with Gasteiger partial charge in [-0.2, -0.15) is 0 Å². The monoisotopic (exact) mass is 212 g/mol. The quantitative estimate of drug-likeness (QED) is 0.569. The minimum absolute atomic E-state index is 0.0683. The summed E-state index contributed by atoms with van der Waals surface area (Å²) in [7, 11) is 0. The van der Waals surface area contributed by atoms with Crippen molar-refractivity contribution in [3.8, 4) is 0 Å². The minimum Gasteiger partial charge on any atom is -0.461 e. The van der Waals surface area contributed by atoms with Crippen molar-refractivity contribution >= 4 is 17.3 Å². The van der Waals surface area contributed by atoms with Gasteiger partial charge >= 0.3 is 5.97 Å². The molecule has 1 aliphatic rings. The molecule has 0 N–H and O–H groups in total. The van der Waals surface area contributed by atoms with Gasteiger partial charge < -0.3 is 9.47 Å². The van der Waals surface area contributed by atoms with Gasteiger partial charge in [0.25, 0.3) is 0 Å². The van der Waals surface area contributed by atoms with Gasteiger partial charge in [0.15, 0.2) is 6.10 Å². The van der Waals surface area contributed by atoms with Crippen LogP contribution in [0.15, 0.2) is 17.5 Å². The Bertz CT molecular complexity index is 318. The summed E-state index contributed by atoms with van der Waals surface area (Å²) in [6.07, 6.45) is -0.520. The Labute approximate surface area is 86.6 Å². The topological polar surface area (TPSA) is 38.8 Å². The Morgan fingerprint density at radius 1 is 1.64 bits per heavy atom. The van der Waals surface area contributed by atoms with Gasteiger partial charge in [-0.3, -0.25) is 0 Å². The molecule has 2 atom stereocenters. The lowest BCUT2D eigenvalue weighted by Crippen LogP contribution is -2.16. The molecule has 14 heavy (non-hydrogen) atoms. The molecule has 3 nitrogen and oxygen atoms in total. The van der Waals surface area contributed by atoms with E-state index in [1.165, 1.54) is 0 Å². The lowest BCUT2D eigenvalue weighted by atomic mass is 10.3. The van der Waals surface area contributed by atoms with Crippen LogP contribution in [-0.2, 0) is 14.3 Å². The number of thiophene rings is 1. The normalized spacial score (nSPS) is 25.1. The number of rotatable bonds is 3. The van der Waals surface area contributed by atoms with E-state index >= 15 is 0 Å².